The molecule has 1 heterocycles. The van der Waals surface area contributed by atoms with E-state index in [4.69, 9.17) is 0 Å². The molecule has 3 rings (SSSR count). The first-order valence-corrected chi connectivity index (χ1v) is 8.58. The molecule has 3 aromatic rings. The minimum Gasteiger partial charge on any atom is -0.353 e. The van der Waals surface area contributed by atoms with E-state index in [0.29, 0.717) is 28.0 Å². The van der Waals surface area contributed by atoms with Crippen molar-refractivity contribution in [1.82, 2.24) is 9.97 Å². The summed E-state index contributed by atoms with van der Waals surface area (Å²) in [6.45, 7) is 2.81. The Morgan fingerprint density at radius 1 is 1.04 bits per heavy atom. The summed E-state index contributed by atoms with van der Waals surface area (Å²) in [4.78, 5) is 31.7. The molecule has 8 heteroatoms. The van der Waals surface area contributed by atoms with Crippen molar-refractivity contribution in [3.8, 4) is 0 Å². The number of rotatable bonds is 4. The highest BCUT2D eigenvalue weighted by Crippen LogP contribution is 2.39. The largest absolute Gasteiger partial charge is 0.353 e. The zero-order valence-corrected chi connectivity index (χ0v) is 15.7. The number of fused-ring (bicyclic) bond motifs is 1. The molecule has 0 saturated carbocycles. The van der Waals surface area contributed by atoms with Gasteiger partial charge in [-0.05, 0) is 24.3 Å². The summed E-state index contributed by atoms with van der Waals surface area (Å²) >= 11 is 3.44. The number of hydrogen-bond donors (Lipinski definition) is 3. The van der Waals surface area contributed by atoms with Crippen LogP contribution in [0.4, 0.5) is 22.7 Å². The van der Waals surface area contributed by atoms with Gasteiger partial charge in [-0.1, -0.05) is 22.0 Å². The molecule has 0 saturated heterocycles. The average Bonchev–Trinajstić information content (AvgIpc) is 2.57. The van der Waals surface area contributed by atoms with Crippen molar-refractivity contribution >= 4 is 61.4 Å². The Bertz CT molecular complexity index is 1010. The molecule has 3 N–H and O–H groups in total. The van der Waals surface area contributed by atoms with Crippen molar-refractivity contribution in [2.24, 2.45) is 0 Å². The summed E-state index contributed by atoms with van der Waals surface area (Å²) in [6, 6.07) is 9.30. The monoisotopic (exact) mass is 413 g/mol. The zero-order valence-electron chi connectivity index (χ0n) is 14.1. The molecule has 0 unspecified atom stereocenters. The molecule has 26 heavy (non-hydrogen) atoms. The standard InChI is InChI=1S/C18H16BrN5O2/c1-10(25)22-16-7-15-14(8-20-9-21-15)17(18(16)23-11(2)26)24-13-5-3-4-12(19)6-13/h3-9,24H,1-2H3,(H,22,25)(H,23,26). The number of nitrogens with one attached hydrogen (secondary N) is 3. The highest BCUT2D eigenvalue weighted by atomic mass is 79.9. The predicted molar refractivity (Wildman–Crippen MR) is 106 cm³/mol. The lowest BCUT2D eigenvalue weighted by Crippen LogP contribution is -2.14. The maximum Gasteiger partial charge on any atom is 0.221 e. The van der Waals surface area contributed by atoms with Gasteiger partial charge >= 0.3 is 0 Å². The topological polar surface area (TPSA) is 96.0 Å². The highest BCUT2D eigenvalue weighted by molar-refractivity contribution is 9.10. The van der Waals surface area contributed by atoms with Gasteiger partial charge in [-0.25, -0.2) is 9.97 Å². The second-order valence-corrected chi connectivity index (χ2v) is 6.54. The maximum absolute atomic E-state index is 11.8. The second kappa shape index (κ2) is 7.49. The van der Waals surface area contributed by atoms with Crippen molar-refractivity contribution in [2.75, 3.05) is 16.0 Å². The molecule has 0 aliphatic carbocycles. The number of carbonyl (C=O) groups is 2. The lowest BCUT2D eigenvalue weighted by Gasteiger charge is -2.19. The third-order valence-corrected chi connectivity index (χ3v) is 4.01. The van der Waals surface area contributed by atoms with E-state index in [-0.39, 0.29) is 11.8 Å². The smallest absolute Gasteiger partial charge is 0.221 e. The third kappa shape index (κ3) is 3.97. The van der Waals surface area contributed by atoms with Crippen LogP contribution in [0.25, 0.3) is 10.9 Å². The molecule has 0 radical (unpaired) electrons. The first kappa shape index (κ1) is 17.8. The van der Waals surface area contributed by atoms with Gasteiger partial charge in [0.05, 0.1) is 22.6 Å². The highest BCUT2D eigenvalue weighted by Gasteiger charge is 2.17. The predicted octanol–water partition coefficient (Wildman–Crippen LogP) is 4.05. The van der Waals surface area contributed by atoms with Crippen LogP contribution in [0, 0.1) is 0 Å². The van der Waals surface area contributed by atoms with Crippen LogP contribution in [0.5, 0.6) is 0 Å². The van der Waals surface area contributed by atoms with Crippen molar-refractivity contribution in [2.45, 2.75) is 13.8 Å². The fourth-order valence-corrected chi connectivity index (χ4v) is 2.96. The summed E-state index contributed by atoms with van der Waals surface area (Å²) < 4.78 is 0.905. The minimum absolute atomic E-state index is 0.251. The molecule has 2 aromatic carbocycles. The van der Waals surface area contributed by atoms with Crippen LogP contribution in [0.1, 0.15) is 13.8 Å². The quantitative estimate of drug-likeness (QED) is 0.599. The van der Waals surface area contributed by atoms with Crippen LogP contribution in [-0.2, 0) is 9.59 Å². The normalized spacial score (nSPS) is 10.4. The number of hydrogen-bond acceptors (Lipinski definition) is 5. The molecule has 0 atom stereocenters. The van der Waals surface area contributed by atoms with Gasteiger partial charge < -0.3 is 16.0 Å². The lowest BCUT2D eigenvalue weighted by atomic mass is 10.1. The summed E-state index contributed by atoms with van der Waals surface area (Å²) in [5, 5.41) is 9.55. The summed E-state index contributed by atoms with van der Waals surface area (Å²) in [6.07, 6.45) is 3.09. The molecule has 0 fully saturated rings. The molecule has 0 bridgehead atoms. The lowest BCUT2D eigenvalue weighted by molar-refractivity contribution is -0.115. The van der Waals surface area contributed by atoms with Gasteiger partial charge in [0.2, 0.25) is 11.8 Å². The van der Waals surface area contributed by atoms with Gasteiger partial charge in [0.1, 0.15) is 6.33 Å². The van der Waals surface area contributed by atoms with Crippen LogP contribution in [0.3, 0.4) is 0 Å². The van der Waals surface area contributed by atoms with E-state index in [9.17, 15) is 9.59 Å². The zero-order chi connectivity index (χ0) is 18.7. The molecule has 1 aromatic heterocycles. The number of carbonyl (C=O) groups excluding carboxylic acids is 2. The van der Waals surface area contributed by atoms with Crippen LogP contribution < -0.4 is 16.0 Å². The van der Waals surface area contributed by atoms with Crippen LogP contribution >= 0.6 is 15.9 Å². The number of amides is 2. The minimum atomic E-state index is -0.259. The number of halogens is 1. The average molecular weight is 414 g/mol. The Hall–Kier alpha value is -3.00. The molecule has 0 aliphatic rings. The third-order valence-electron chi connectivity index (χ3n) is 3.52. The first-order valence-electron chi connectivity index (χ1n) is 7.78. The van der Waals surface area contributed by atoms with Gasteiger partial charge in [-0.3, -0.25) is 9.59 Å². The van der Waals surface area contributed by atoms with E-state index in [1.165, 1.54) is 20.2 Å². The molecule has 2 amide bonds. The van der Waals surface area contributed by atoms with Crippen molar-refractivity contribution in [3.05, 3.63) is 47.3 Å². The SMILES string of the molecule is CC(=O)Nc1cc2ncncc2c(Nc2cccc(Br)c2)c1NC(C)=O. The molecule has 132 valence electrons. The Morgan fingerprint density at radius 2 is 1.81 bits per heavy atom. The Morgan fingerprint density at radius 3 is 2.50 bits per heavy atom. The van der Waals surface area contributed by atoms with Gasteiger partial charge in [-0.15, -0.1) is 0 Å². The van der Waals surface area contributed by atoms with Gasteiger partial charge in [0.25, 0.3) is 0 Å². The number of nitrogens with zero attached hydrogens (tertiary/aromatic N) is 2. The van der Waals surface area contributed by atoms with Crippen LogP contribution in [0.2, 0.25) is 0 Å². The molecule has 7 nitrogen and oxygen atoms in total. The molecular weight excluding hydrogens is 398 g/mol. The Balaban J connectivity index is 2.24. The molecule has 0 spiro atoms. The van der Waals surface area contributed by atoms with Crippen molar-refractivity contribution in [1.29, 1.82) is 0 Å². The molecule has 0 aliphatic heterocycles. The number of benzene rings is 2. The van der Waals surface area contributed by atoms with Gasteiger partial charge in [-0.2, -0.15) is 0 Å². The fraction of sp³-hybridized carbons (Fsp3) is 0.111. The van der Waals surface area contributed by atoms with E-state index in [1.54, 1.807) is 12.3 Å². The summed E-state index contributed by atoms with van der Waals surface area (Å²) in [5.74, 6) is -0.511. The van der Waals surface area contributed by atoms with Crippen LogP contribution in [0.15, 0.2) is 47.3 Å². The number of aromatic nitrogens is 2. The fourth-order valence-electron chi connectivity index (χ4n) is 2.56. The van der Waals surface area contributed by atoms with E-state index in [2.05, 4.69) is 41.8 Å². The Labute approximate surface area is 158 Å². The van der Waals surface area contributed by atoms with Crippen LogP contribution in [-0.4, -0.2) is 21.8 Å². The first-order chi connectivity index (χ1) is 12.4. The van der Waals surface area contributed by atoms with Crippen molar-refractivity contribution in [3.63, 3.8) is 0 Å². The maximum atomic E-state index is 11.8. The summed E-state index contributed by atoms with van der Waals surface area (Å²) in [7, 11) is 0. The van der Waals surface area contributed by atoms with Gasteiger partial charge in [0, 0.05) is 35.6 Å². The second-order valence-electron chi connectivity index (χ2n) is 5.63. The number of anilines is 4. The van der Waals surface area contributed by atoms with Crippen molar-refractivity contribution < 1.29 is 9.59 Å². The van der Waals surface area contributed by atoms with Gasteiger partial charge in [0.15, 0.2) is 0 Å². The van der Waals surface area contributed by atoms with E-state index in [0.717, 1.165) is 10.2 Å². The van der Waals surface area contributed by atoms with E-state index in [1.807, 2.05) is 24.3 Å². The van der Waals surface area contributed by atoms with E-state index >= 15 is 0 Å². The van der Waals surface area contributed by atoms with E-state index < -0.39 is 0 Å². The summed E-state index contributed by atoms with van der Waals surface area (Å²) in [5.41, 5.74) is 2.94. The molecular formula is C18H16BrN5O2. The Kier molecular flexibility index (Phi) is 5.13.